The van der Waals surface area contributed by atoms with Crippen LogP contribution in [-0.4, -0.2) is 64.8 Å². The molecule has 0 radical (unpaired) electrons. The van der Waals surface area contributed by atoms with E-state index in [1.54, 1.807) is 6.26 Å². The van der Waals surface area contributed by atoms with Gasteiger partial charge in [-0.15, -0.1) is 9.24 Å². The minimum Gasteiger partial charge on any atom is -0.431 e. The van der Waals surface area contributed by atoms with Gasteiger partial charge in [-0.25, -0.2) is 4.79 Å². The fraction of sp³-hybridized carbons (Fsp3) is 0.781. The molecule has 5 N–H and O–H groups in total. The minimum absolute atomic E-state index is 0.00533. The molecule has 6 unspecified atom stereocenters. The molecule has 1 aromatic heterocycles. The molecule has 1 saturated heterocycles. The van der Waals surface area contributed by atoms with Crippen LogP contribution in [0.4, 0.5) is 0 Å². The summed E-state index contributed by atoms with van der Waals surface area (Å²) in [6, 6.07) is 2.76. The molecule has 0 aromatic carbocycles. The molecule has 0 bridgehead atoms. The maximum absolute atomic E-state index is 12.4. The van der Waals surface area contributed by atoms with Crippen molar-refractivity contribution in [3.8, 4) is 0 Å². The molecule has 41 heavy (non-hydrogen) atoms. The van der Waals surface area contributed by atoms with Crippen molar-refractivity contribution in [2.24, 2.45) is 28.4 Å². The average molecular weight is 594 g/mol. The van der Waals surface area contributed by atoms with Gasteiger partial charge in [-0.2, -0.15) is 0 Å². The molecule has 232 valence electrons. The van der Waals surface area contributed by atoms with Crippen molar-refractivity contribution in [1.29, 1.82) is 0 Å². The highest BCUT2D eigenvalue weighted by Gasteiger charge is 2.66. The first kappa shape index (κ1) is 32.8. The fourth-order valence-electron chi connectivity index (χ4n) is 8.98. The number of rotatable bonds is 3. The van der Waals surface area contributed by atoms with Crippen LogP contribution in [0.15, 0.2) is 39.3 Å². The second kappa shape index (κ2) is 12.9. The van der Waals surface area contributed by atoms with Crippen LogP contribution in [0.1, 0.15) is 90.5 Å². The molecule has 1 aliphatic heterocycles. The van der Waals surface area contributed by atoms with Gasteiger partial charge < -0.3 is 34.9 Å². The first-order valence-electron chi connectivity index (χ1n) is 15.6. The highest BCUT2D eigenvalue weighted by atomic mass is 31.0. The number of allylic oxidation sites excluding steroid dienone is 1. The fourth-order valence-corrected chi connectivity index (χ4v) is 8.98. The van der Waals surface area contributed by atoms with Crippen molar-refractivity contribution < 1.29 is 29.2 Å². The molecular weight excluding hydrogens is 541 g/mol. The van der Waals surface area contributed by atoms with Gasteiger partial charge in [0, 0.05) is 11.5 Å². The van der Waals surface area contributed by atoms with Gasteiger partial charge in [0.25, 0.3) is 0 Å². The van der Waals surface area contributed by atoms with E-state index in [-0.39, 0.29) is 41.0 Å². The summed E-state index contributed by atoms with van der Waals surface area (Å²) in [5.74, 6) is 0.809. The lowest BCUT2D eigenvalue weighted by Crippen LogP contribution is -2.60. The van der Waals surface area contributed by atoms with E-state index in [0.717, 1.165) is 56.9 Å². The Kier molecular flexibility index (Phi) is 10.3. The van der Waals surface area contributed by atoms with Crippen molar-refractivity contribution in [1.82, 2.24) is 0 Å². The largest absolute Gasteiger partial charge is 0.431 e. The summed E-state index contributed by atoms with van der Waals surface area (Å²) in [6.45, 7) is 10.7. The second-order valence-corrected chi connectivity index (χ2v) is 12.8. The van der Waals surface area contributed by atoms with E-state index in [1.807, 2.05) is 26.6 Å². The van der Waals surface area contributed by atoms with Gasteiger partial charge in [0.05, 0.1) is 30.6 Å². The molecule has 4 fully saturated rings. The summed E-state index contributed by atoms with van der Waals surface area (Å²) in [4.78, 5) is 11.5. The molecule has 12 atom stereocenters. The van der Waals surface area contributed by atoms with Crippen LogP contribution in [0.3, 0.4) is 0 Å². The minimum atomic E-state index is -1.16. The van der Waals surface area contributed by atoms with Crippen molar-refractivity contribution in [3.63, 3.8) is 0 Å². The van der Waals surface area contributed by atoms with E-state index < -0.39 is 30.1 Å². The van der Waals surface area contributed by atoms with Crippen molar-refractivity contribution >= 4 is 9.24 Å². The normalized spacial score (nSPS) is 45.0. The van der Waals surface area contributed by atoms with Gasteiger partial charge in [0.2, 0.25) is 0 Å². The Morgan fingerprint density at radius 1 is 1.00 bits per heavy atom. The first-order chi connectivity index (χ1) is 19.6. The van der Waals surface area contributed by atoms with E-state index >= 15 is 0 Å². The summed E-state index contributed by atoms with van der Waals surface area (Å²) in [5, 5.41) is 32.9. The predicted octanol–water partition coefficient (Wildman–Crippen LogP) is 4.11. The number of hydrogen-bond donors (Lipinski definition) is 4. The zero-order valence-electron chi connectivity index (χ0n) is 25.4. The standard InChI is InChI=1S/C29H41NO7.C2H6.CH5P/c1-27-10-7-18(37-26-25(33)24(32)22(30)15-36-26)13-17(27)4-5-21-20(27)8-11-28(2)19(9-12-29(21,28)34)16-3-6-23(31)35-14-16;2*1-2/h3,6,13-14,18-22,24-26,32-34H,4-5,7-12,15,30H2,1-2H3;1-2H3;2H2,1H3/t18-,19+,20?,21?,22-,24?,25-,26?,27-,28?,29-;;/m0../s1. The number of aliphatic hydroxyl groups excluding tert-OH is 2. The molecule has 0 spiro atoms. The Morgan fingerprint density at radius 2 is 1.73 bits per heavy atom. The summed E-state index contributed by atoms with van der Waals surface area (Å²) in [6.07, 6.45) is 7.83. The van der Waals surface area contributed by atoms with Crippen molar-refractivity contribution in [2.45, 2.75) is 121 Å². The Bertz CT molecular complexity index is 1110. The number of hydrogen-bond acceptors (Lipinski definition) is 8. The Balaban J connectivity index is 0.000000929. The smallest absolute Gasteiger partial charge is 0.335 e. The van der Waals surface area contributed by atoms with Gasteiger partial charge in [0.15, 0.2) is 6.29 Å². The molecule has 8 nitrogen and oxygen atoms in total. The van der Waals surface area contributed by atoms with Gasteiger partial charge in [-0.3, -0.25) is 0 Å². The van der Waals surface area contributed by atoms with Crippen LogP contribution in [0.2, 0.25) is 0 Å². The summed E-state index contributed by atoms with van der Waals surface area (Å²) in [5.41, 5.74) is 6.88. The van der Waals surface area contributed by atoms with E-state index in [4.69, 9.17) is 19.6 Å². The van der Waals surface area contributed by atoms with Crippen LogP contribution in [0.25, 0.3) is 0 Å². The molecule has 3 saturated carbocycles. The van der Waals surface area contributed by atoms with E-state index in [2.05, 4.69) is 29.2 Å². The summed E-state index contributed by atoms with van der Waals surface area (Å²) in [7, 11) is 2.42. The first-order valence-corrected chi connectivity index (χ1v) is 16.7. The molecule has 1 aromatic rings. The summed E-state index contributed by atoms with van der Waals surface area (Å²) < 4.78 is 16.9. The van der Waals surface area contributed by atoms with Crippen molar-refractivity contribution in [2.75, 3.05) is 13.3 Å². The lowest BCUT2D eigenvalue weighted by molar-refractivity contribution is -0.259. The number of aliphatic hydroxyl groups is 3. The molecule has 9 heteroatoms. The molecular formula is C32H52NO7P. The Hall–Kier alpha value is -1.12. The Morgan fingerprint density at radius 3 is 2.41 bits per heavy atom. The van der Waals surface area contributed by atoms with Crippen LogP contribution in [-0.2, 0) is 9.47 Å². The van der Waals surface area contributed by atoms with E-state index in [9.17, 15) is 20.1 Å². The van der Waals surface area contributed by atoms with Crippen LogP contribution < -0.4 is 11.4 Å². The lowest BCUT2D eigenvalue weighted by Gasteiger charge is -2.62. The average Bonchev–Trinajstić information content (AvgIpc) is 3.27. The zero-order valence-corrected chi connectivity index (χ0v) is 26.6. The number of ether oxygens (including phenoxy) is 2. The van der Waals surface area contributed by atoms with Gasteiger partial charge in [-0.05, 0) is 86.2 Å². The third-order valence-electron chi connectivity index (χ3n) is 11.2. The number of fused-ring (bicyclic) bond motifs is 5. The van der Waals surface area contributed by atoms with Gasteiger partial charge >= 0.3 is 5.63 Å². The quantitative estimate of drug-likeness (QED) is 0.304. The molecule has 6 rings (SSSR count). The lowest BCUT2D eigenvalue weighted by atomic mass is 9.45. The maximum Gasteiger partial charge on any atom is 0.335 e. The number of nitrogens with two attached hydrogens (primary N) is 1. The maximum atomic E-state index is 12.4. The van der Waals surface area contributed by atoms with Gasteiger partial charge in [-0.1, -0.05) is 46.0 Å². The van der Waals surface area contributed by atoms with Crippen LogP contribution in [0.5, 0.6) is 0 Å². The highest BCUT2D eigenvalue weighted by molar-refractivity contribution is 7.15. The highest BCUT2D eigenvalue weighted by Crippen LogP contribution is 2.70. The monoisotopic (exact) mass is 593 g/mol. The van der Waals surface area contributed by atoms with Crippen LogP contribution in [0, 0.1) is 22.7 Å². The third kappa shape index (κ3) is 5.52. The van der Waals surface area contributed by atoms with E-state index in [1.165, 1.54) is 11.6 Å². The Labute approximate surface area is 247 Å². The van der Waals surface area contributed by atoms with Gasteiger partial charge in [0.1, 0.15) is 12.2 Å². The SMILES string of the molecule is CC.CC12CCC3C(CCC4=C[C@@H](OC5OC[C@H](N)C(O)[C@@H]5O)CC[C@@]43C)[C@@]1(O)CC[C@@H]2c1ccc(=O)oc1.CP. The summed E-state index contributed by atoms with van der Waals surface area (Å²) >= 11 is 0. The van der Waals surface area contributed by atoms with E-state index in [0.29, 0.717) is 5.92 Å². The predicted molar refractivity (Wildman–Crippen MR) is 162 cm³/mol. The zero-order chi connectivity index (χ0) is 30.2. The topological polar surface area (TPSA) is 135 Å². The molecule has 0 amide bonds. The molecule has 5 aliphatic rings. The second-order valence-electron chi connectivity index (χ2n) is 12.8. The molecule has 4 aliphatic carbocycles. The van der Waals surface area contributed by atoms with Crippen molar-refractivity contribution in [3.05, 3.63) is 46.0 Å². The third-order valence-corrected chi connectivity index (χ3v) is 11.2. The van der Waals surface area contributed by atoms with Crippen LogP contribution >= 0.6 is 9.24 Å². The molecule has 2 heterocycles.